The lowest BCUT2D eigenvalue weighted by atomic mass is 10.0. The Balaban J connectivity index is 1.25. The molecule has 2 fully saturated rings. The van der Waals surface area contributed by atoms with Crippen LogP contribution < -0.4 is 15.0 Å². The molecule has 0 aromatic heterocycles. The molecule has 3 aromatic carbocycles. The molecule has 204 valence electrons. The molecule has 3 aromatic rings. The van der Waals surface area contributed by atoms with Crippen LogP contribution in [0.25, 0.3) is 0 Å². The fourth-order valence-corrected chi connectivity index (χ4v) is 5.35. The van der Waals surface area contributed by atoms with Crippen LogP contribution in [0.3, 0.4) is 0 Å². The molecular weight excluding hydrogens is 510 g/mol. The fraction of sp³-hybridized carbons (Fsp3) is 0.375. The first-order valence-electron chi connectivity index (χ1n) is 13.8. The zero-order chi connectivity index (χ0) is 27.4. The molecule has 2 amide bonds. The Morgan fingerprint density at radius 1 is 1.08 bits per heavy atom. The maximum atomic E-state index is 14.0. The van der Waals surface area contributed by atoms with Gasteiger partial charge in [-0.15, -0.1) is 0 Å². The molecule has 6 nitrogen and oxygen atoms in total. The number of benzene rings is 3. The standard InChI is InChI=1S/C32H36ClN3O3/c1-22-6-3-8-25(23(22)2)21-35(27-15-16-27)32(38)30-19-34-20-31(37)36(30)28-13-11-24(12-14-28)7-5-17-39-29-10-4-9-26(33)18-29/h3-4,6,8-14,18,27,30,34H,5,7,15-17,19-21H2,1-2H3/t30-/m1/s1. The van der Waals surface area contributed by atoms with E-state index >= 15 is 0 Å². The highest BCUT2D eigenvalue weighted by Crippen LogP contribution is 2.32. The van der Waals surface area contributed by atoms with Gasteiger partial charge >= 0.3 is 0 Å². The van der Waals surface area contributed by atoms with Gasteiger partial charge < -0.3 is 15.0 Å². The lowest BCUT2D eigenvalue weighted by Crippen LogP contribution is -2.61. The molecule has 1 aliphatic carbocycles. The summed E-state index contributed by atoms with van der Waals surface area (Å²) in [6.07, 6.45) is 3.74. The second-order valence-electron chi connectivity index (χ2n) is 10.5. The van der Waals surface area contributed by atoms with E-state index in [1.165, 1.54) is 16.7 Å². The van der Waals surface area contributed by atoms with Crippen LogP contribution in [0.2, 0.25) is 5.02 Å². The summed E-state index contributed by atoms with van der Waals surface area (Å²) in [5.74, 6) is 0.703. The Morgan fingerprint density at radius 3 is 2.59 bits per heavy atom. The molecule has 0 unspecified atom stereocenters. The number of halogens is 1. The van der Waals surface area contributed by atoms with E-state index in [1.54, 1.807) is 4.90 Å². The zero-order valence-electron chi connectivity index (χ0n) is 22.7. The van der Waals surface area contributed by atoms with Crippen LogP contribution in [0, 0.1) is 13.8 Å². The Kier molecular flexibility index (Phi) is 8.53. The highest BCUT2D eigenvalue weighted by molar-refractivity contribution is 6.30. The van der Waals surface area contributed by atoms with Gasteiger partial charge in [0.25, 0.3) is 0 Å². The van der Waals surface area contributed by atoms with Crippen LogP contribution in [-0.2, 0) is 22.6 Å². The van der Waals surface area contributed by atoms with Gasteiger partial charge in [-0.3, -0.25) is 14.5 Å². The number of nitrogens with one attached hydrogen (secondary N) is 1. The van der Waals surface area contributed by atoms with Gasteiger partial charge in [0.2, 0.25) is 11.8 Å². The van der Waals surface area contributed by atoms with Crippen LogP contribution >= 0.6 is 11.6 Å². The average molecular weight is 546 g/mol. The van der Waals surface area contributed by atoms with Crippen LogP contribution in [0.4, 0.5) is 5.69 Å². The molecule has 0 bridgehead atoms. The first kappa shape index (κ1) is 27.2. The van der Waals surface area contributed by atoms with Gasteiger partial charge in [0.15, 0.2) is 0 Å². The lowest BCUT2D eigenvalue weighted by molar-refractivity contribution is -0.136. The van der Waals surface area contributed by atoms with E-state index in [4.69, 9.17) is 16.3 Å². The first-order valence-corrected chi connectivity index (χ1v) is 14.1. The van der Waals surface area contributed by atoms with Gasteiger partial charge in [0.05, 0.1) is 13.2 Å². The van der Waals surface area contributed by atoms with Crippen molar-refractivity contribution in [2.75, 3.05) is 24.6 Å². The largest absolute Gasteiger partial charge is 0.494 e. The number of nitrogens with zero attached hydrogens (tertiary/aromatic N) is 2. The van der Waals surface area contributed by atoms with Gasteiger partial charge in [-0.25, -0.2) is 0 Å². The van der Waals surface area contributed by atoms with Crippen molar-refractivity contribution in [1.82, 2.24) is 10.2 Å². The van der Waals surface area contributed by atoms with Gasteiger partial charge in [-0.2, -0.15) is 0 Å². The maximum absolute atomic E-state index is 14.0. The summed E-state index contributed by atoms with van der Waals surface area (Å²) in [4.78, 5) is 30.7. The van der Waals surface area contributed by atoms with Crippen molar-refractivity contribution in [3.8, 4) is 5.75 Å². The lowest BCUT2D eigenvalue weighted by Gasteiger charge is -2.38. The molecule has 1 N–H and O–H groups in total. The zero-order valence-corrected chi connectivity index (χ0v) is 23.4. The molecular formula is C32H36ClN3O3. The number of piperazine rings is 1. The number of anilines is 1. The summed E-state index contributed by atoms with van der Waals surface area (Å²) in [5.41, 5.74) is 5.54. The second kappa shape index (κ2) is 12.2. The quantitative estimate of drug-likeness (QED) is 0.343. The number of aryl methyl sites for hydroxylation is 2. The Hall–Kier alpha value is -3.35. The Labute approximate surface area is 235 Å². The van der Waals surface area contributed by atoms with E-state index in [2.05, 4.69) is 37.4 Å². The molecule has 1 saturated carbocycles. The van der Waals surface area contributed by atoms with Gasteiger partial charge in [0.1, 0.15) is 11.8 Å². The highest BCUT2D eigenvalue weighted by Gasteiger charge is 2.41. The van der Waals surface area contributed by atoms with Crippen LogP contribution in [0.1, 0.15) is 41.5 Å². The molecule has 1 saturated heterocycles. The van der Waals surface area contributed by atoms with E-state index < -0.39 is 6.04 Å². The number of carbonyl (C=O) groups excluding carboxylic acids is 2. The number of rotatable bonds is 10. The topological polar surface area (TPSA) is 61.9 Å². The fourth-order valence-electron chi connectivity index (χ4n) is 5.17. The third-order valence-corrected chi connectivity index (χ3v) is 7.93. The smallest absolute Gasteiger partial charge is 0.247 e. The van der Waals surface area contributed by atoms with E-state index in [-0.39, 0.29) is 24.4 Å². The molecule has 5 rings (SSSR count). The van der Waals surface area contributed by atoms with Crippen molar-refractivity contribution in [1.29, 1.82) is 0 Å². The molecule has 1 atom stereocenters. The number of ether oxygens (including phenoxy) is 1. The molecule has 1 aliphatic heterocycles. The van der Waals surface area contributed by atoms with Crippen molar-refractivity contribution < 1.29 is 14.3 Å². The van der Waals surface area contributed by atoms with E-state index in [0.29, 0.717) is 24.7 Å². The van der Waals surface area contributed by atoms with E-state index in [0.717, 1.165) is 42.7 Å². The molecule has 7 heteroatoms. The molecule has 1 heterocycles. The first-order chi connectivity index (χ1) is 18.9. The van der Waals surface area contributed by atoms with E-state index in [1.807, 2.05) is 53.4 Å². The van der Waals surface area contributed by atoms with Crippen molar-refractivity contribution in [3.63, 3.8) is 0 Å². The summed E-state index contributed by atoms with van der Waals surface area (Å²) in [6.45, 7) is 6.06. The number of amides is 2. The average Bonchev–Trinajstić information content (AvgIpc) is 3.77. The molecule has 0 spiro atoms. The predicted molar refractivity (Wildman–Crippen MR) is 155 cm³/mol. The Bertz CT molecular complexity index is 1320. The summed E-state index contributed by atoms with van der Waals surface area (Å²) in [7, 11) is 0. The van der Waals surface area contributed by atoms with Crippen LogP contribution in [0.15, 0.2) is 66.7 Å². The van der Waals surface area contributed by atoms with Gasteiger partial charge in [-0.1, -0.05) is 48.0 Å². The number of hydrogen-bond donors (Lipinski definition) is 1. The third-order valence-electron chi connectivity index (χ3n) is 7.70. The molecule has 0 radical (unpaired) electrons. The van der Waals surface area contributed by atoms with E-state index in [9.17, 15) is 9.59 Å². The van der Waals surface area contributed by atoms with Gasteiger partial charge in [-0.05, 0) is 92.1 Å². The van der Waals surface area contributed by atoms with Crippen LogP contribution in [-0.4, -0.2) is 48.5 Å². The maximum Gasteiger partial charge on any atom is 0.247 e. The number of carbonyl (C=O) groups is 2. The SMILES string of the molecule is Cc1cccc(CN(C(=O)[C@H]2CNCC(=O)N2c2ccc(CCCOc3cccc(Cl)c3)cc2)C2CC2)c1C. The minimum Gasteiger partial charge on any atom is -0.494 e. The second-order valence-corrected chi connectivity index (χ2v) is 11.0. The summed E-state index contributed by atoms with van der Waals surface area (Å²) >= 11 is 6.02. The van der Waals surface area contributed by atoms with Crippen molar-refractivity contribution in [2.24, 2.45) is 0 Å². The van der Waals surface area contributed by atoms with Crippen LogP contribution in [0.5, 0.6) is 5.75 Å². The highest BCUT2D eigenvalue weighted by atomic mass is 35.5. The summed E-state index contributed by atoms with van der Waals surface area (Å²) in [5, 5.41) is 3.83. The normalized spacial score (nSPS) is 17.3. The van der Waals surface area contributed by atoms with Gasteiger partial charge in [0, 0.05) is 29.8 Å². The predicted octanol–water partition coefficient (Wildman–Crippen LogP) is 5.46. The van der Waals surface area contributed by atoms with Crippen molar-refractivity contribution in [3.05, 3.63) is 94.0 Å². The molecule has 2 aliphatic rings. The number of hydrogen-bond acceptors (Lipinski definition) is 4. The Morgan fingerprint density at radius 2 is 1.85 bits per heavy atom. The van der Waals surface area contributed by atoms with Crippen molar-refractivity contribution >= 4 is 29.1 Å². The molecule has 39 heavy (non-hydrogen) atoms. The monoisotopic (exact) mass is 545 g/mol. The van der Waals surface area contributed by atoms with Crippen molar-refractivity contribution in [2.45, 2.75) is 58.2 Å². The summed E-state index contributed by atoms with van der Waals surface area (Å²) < 4.78 is 5.80. The minimum absolute atomic E-state index is 0.0150. The minimum atomic E-state index is -0.561. The third kappa shape index (κ3) is 6.63. The summed E-state index contributed by atoms with van der Waals surface area (Å²) in [6, 6.07) is 21.4.